The Bertz CT molecular complexity index is 1240. The summed E-state index contributed by atoms with van der Waals surface area (Å²) < 4.78 is 7.27. The van der Waals surface area contributed by atoms with Crippen LogP contribution in [-0.4, -0.2) is 51.4 Å². The van der Waals surface area contributed by atoms with E-state index < -0.39 is 11.5 Å². The lowest BCUT2D eigenvalue weighted by molar-refractivity contribution is -0.156. The number of carbonyl (C=O) groups excluding carboxylic acids is 2. The molecule has 1 unspecified atom stereocenters. The molecule has 0 saturated heterocycles. The highest BCUT2D eigenvalue weighted by Gasteiger charge is 2.45. The van der Waals surface area contributed by atoms with E-state index in [0.29, 0.717) is 45.7 Å². The van der Waals surface area contributed by atoms with E-state index in [1.807, 2.05) is 25.5 Å². The molecular formula is C32H43Cl2N3O4. The van der Waals surface area contributed by atoms with Crippen LogP contribution in [0.15, 0.2) is 24.4 Å². The van der Waals surface area contributed by atoms with Crippen molar-refractivity contribution in [3.8, 4) is 0 Å². The van der Waals surface area contributed by atoms with Gasteiger partial charge in [-0.1, -0.05) is 29.3 Å². The summed E-state index contributed by atoms with van der Waals surface area (Å²) in [5.41, 5.74) is 1.91. The third-order valence-corrected chi connectivity index (χ3v) is 10.7. The molecule has 2 aromatic rings. The van der Waals surface area contributed by atoms with Gasteiger partial charge < -0.3 is 14.7 Å². The predicted octanol–water partition coefficient (Wildman–Crippen LogP) is 7.33. The number of ether oxygens (including phenoxy) is 1. The molecule has 224 valence electrons. The second-order valence-electron chi connectivity index (χ2n) is 12.9. The lowest BCUT2D eigenvalue weighted by Gasteiger charge is -2.35. The summed E-state index contributed by atoms with van der Waals surface area (Å²) in [6.45, 7) is 6.84. The number of halogens is 2. The number of nitrogens with zero attached hydrogens (tertiary/aromatic N) is 3. The summed E-state index contributed by atoms with van der Waals surface area (Å²) in [6.07, 6.45) is 11.0. The van der Waals surface area contributed by atoms with Crippen LogP contribution in [0, 0.1) is 23.7 Å². The van der Waals surface area contributed by atoms with E-state index in [1.54, 1.807) is 29.3 Å². The average Bonchev–Trinajstić information content (AvgIpc) is 3.60. The standard InChI is InChI=1S/C32H43Cl2N3O4/c1-4-41-30(40)31(3)12-10-23(11-13-31)37-21(2)24(18-35-37)29(39)36(19-22-8-14-32(15-9-22)16-17-32)20-27(38)28-25(33)6-5-7-26(28)34/h5-7,18,22-23,27,38H,4,8-17,19-20H2,1-3H3. The quantitative estimate of drug-likeness (QED) is 0.303. The molecule has 0 aliphatic heterocycles. The zero-order valence-electron chi connectivity index (χ0n) is 24.5. The summed E-state index contributed by atoms with van der Waals surface area (Å²) in [4.78, 5) is 28.4. The minimum atomic E-state index is -1.01. The van der Waals surface area contributed by atoms with Crippen molar-refractivity contribution in [2.75, 3.05) is 19.7 Å². The molecule has 7 nitrogen and oxygen atoms in total. The third-order valence-electron chi connectivity index (χ3n) is 10.1. The van der Waals surface area contributed by atoms with E-state index in [9.17, 15) is 14.7 Å². The summed E-state index contributed by atoms with van der Waals surface area (Å²) in [5.74, 6) is 0.137. The summed E-state index contributed by atoms with van der Waals surface area (Å²) in [6, 6.07) is 5.28. The molecule has 1 heterocycles. The maximum Gasteiger partial charge on any atom is 0.311 e. The largest absolute Gasteiger partial charge is 0.466 e. The summed E-state index contributed by atoms with van der Waals surface area (Å²) in [7, 11) is 0. The van der Waals surface area contributed by atoms with Gasteiger partial charge in [0.1, 0.15) is 0 Å². The number of hydrogen-bond donors (Lipinski definition) is 1. The van der Waals surface area contributed by atoms with E-state index in [4.69, 9.17) is 27.9 Å². The number of benzene rings is 1. The molecule has 3 fully saturated rings. The Morgan fingerprint density at radius 2 is 1.73 bits per heavy atom. The van der Waals surface area contributed by atoms with Crippen LogP contribution in [-0.2, 0) is 9.53 Å². The molecule has 1 N–H and O–H groups in total. The van der Waals surface area contributed by atoms with Gasteiger partial charge in [-0.15, -0.1) is 0 Å². The monoisotopic (exact) mass is 603 g/mol. The van der Waals surface area contributed by atoms with Gasteiger partial charge in [-0.25, -0.2) is 0 Å². The molecule has 1 aromatic carbocycles. The van der Waals surface area contributed by atoms with Crippen LogP contribution in [0.25, 0.3) is 0 Å². The van der Waals surface area contributed by atoms with Crippen LogP contribution >= 0.6 is 23.2 Å². The maximum absolute atomic E-state index is 14.1. The first-order valence-electron chi connectivity index (χ1n) is 15.2. The Morgan fingerprint density at radius 1 is 1.10 bits per heavy atom. The average molecular weight is 605 g/mol. The lowest BCUT2D eigenvalue weighted by atomic mass is 9.74. The number of aromatic nitrogens is 2. The van der Waals surface area contributed by atoms with Crippen molar-refractivity contribution in [3.63, 3.8) is 0 Å². The van der Waals surface area contributed by atoms with Crippen molar-refractivity contribution >= 4 is 35.1 Å². The lowest BCUT2D eigenvalue weighted by Crippen LogP contribution is -2.40. The fourth-order valence-electron chi connectivity index (χ4n) is 7.00. The normalized spacial score (nSPS) is 24.7. The molecular weight excluding hydrogens is 561 g/mol. The molecule has 1 aromatic heterocycles. The van der Waals surface area contributed by atoms with Gasteiger partial charge in [0.15, 0.2) is 0 Å². The van der Waals surface area contributed by atoms with Crippen molar-refractivity contribution in [1.82, 2.24) is 14.7 Å². The molecule has 1 atom stereocenters. The van der Waals surface area contributed by atoms with Gasteiger partial charge in [-0.2, -0.15) is 5.10 Å². The van der Waals surface area contributed by atoms with Crippen LogP contribution in [0.3, 0.4) is 0 Å². The minimum absolute atomic E-state index is 0.107. The number of aliphatic hydroxyl groups is 1. The predicted molar refractivity (Wildman–Crippen MR) is 160 cm³/mol. The number of esters is 1. The molecule has 0 radical (unpaired) electrons. The highest BCUT2D eigenvalue weighted by molar-refractivity contribution is 6.36. The second-order valence-corrected chi connectivity index (χ2v) is 13.7. The van der Waals surface area contributed by atoms with Gasteiger partial charge in [-0.05, 0) is 108 Å². The Balaban J connectivity index is 1.33. The Labute approximate surface area is 253 Å². The van der Waals surface area contributed by atoms with Gasteiger partial charge in [0.05, 0.1) is 42.5 Å². The summed E-state index contributed by atoms with van der Waals surface area (Å²) >= 11 is 12.8. The van der Waals surface area contributed by atoms with E-state index in [1.165, 1.54) is 25.7 Å². The topological polar surface area (TPSA) is 84.7 Å². The molecule has 1 amide bonds. The molecule has 1 spiro atoms. The van der Waals surface area contributed by atoms with Crippen molar-refractivity contribution in [2.24, 2.45) is 16.7 Å². The zero-order valence-corrected chi connectivity index (χ0v) is 26.0. The van der Waals surface area contributed by atoms with Crippen LogP contribution in [0.2, 0.25) is 10.0 Å². The Kier molecular flexibility index (Phi) is 9.08. The van der Waals surface area contributed by atoms with Crippen LogP contribution in [0.1, 0.15) is 112 Å². The Morgan fingerprint density at radius 3 is 2.32 bits per heavy atom. The zero-order chi connectivity index (χ0) is 29.4. The molecule has 9 heteroatoms. The van der Waals surface area contributed by atoms with Crippen molar-refractivity contribution < 1.29 is 19.4 Å². The van der Waals surface area contributed by atoms with Gasteiger partial charge in [0, 0.05) is 27.8 Å². The number of hydrogen-bond acceptors (Lipinski definition) is 5. The molecule has 3 aliphatic rings. The van der Waals surface area contributed by atoms with Gasteiger partial charge in [0.25, 0.3) is 5.91 Å². The highest BCUT2D eigenvalue weighted by Crippen LogP contribution is 2.57. The number of carbonyl (C=O) groups is 2. The summed E-state index contributed by atoms with van der Waals surface area (Å²) in [5, 5.41) is 16.7. The molecule has 3 saturated carbocycles. The molecule has 0 bridgehead atoms. The van der Waals surface area contributed by atoms with Crippen LogP contribution in [0.4, 0.5) is 0 Å². The van der Waals surface area contributed by atoms with E-state index >= 15 is 0 Å². The Hall–Kier alpha value is -2.09. The molecule has 3 aliphatic carbocycles. The van der Waals surface area contributed by atoms with Crippen LogP contribution in [0.5, 0.6) is 0 Å². The van der Waals surface area contributed by atoms with Crippen molar-refractivity contribution in [2.45, 2.75) is 97.1 Å². The van der Waals surface area contributed by atoms with Crippen molar-refractivity contribution in [3.05, 3.63) is 51.3 Å². The van der Waals surface area contributed by atoms with Crippen LogP contribution < -0.4 is 0 Å². The van der Waals surface area contributed by atoms with E-state index in [-0.39, 0.29) is 24.5 Å². The first-order chi connectivity index (χ1) is 19.6. The van der Waals surface area contributed by atoms with E-state index in [0.717, 1.165) is 44.2 Å². The smallest absolute Gasteiger partial charge is 0.311 e. The molecule has 41 heavy (non-hydrogen) atoms. The molecule has 5 rings (SSSR count). The fourth-order valence-corrected chi connectivity index (χ4v) is 7.65. The van der Waals surface area contributed by atoms with Gasteiger partial charge in [-0.3, -0.25) is 14.3 Å². The first-order valence-corrected chi connectivity index (χ1v) is 15.9. The highest BCUT2D eigenvalue weighted by atomic mass is 35.5. The van der Waals surface area contributed by atoms with E-state index in [2.05, 4.69) is 5.10 Å². The van der Waals surface area contributed by atoms with Crippen molar-refractivity contribution in [1.29, 1.82) is 0 Å². The second kappa shape index (κ2) is 12.3. The number of rotatable bonds is 9. The number of aliphatic hydroxyl groups excluding tert-OH is 1. The minimum Gasteiger partial charge on any atom is -0.466 e. The SMILES string of the molecule is CCOC(=O)C1(C)CCC(n2ncc(C(=O)N(CC3CCC4(CC3)CC4)CC(O)c3c(Cl)cccc3Cl)c2C)CC1. The third kappa shape index (κ3) is 6.47. The fraction of sp³-hybridized carbons (Fsp3) is 0.656. The number of amides is 1. The van der Waals surface area contributed by atoms with Gasteiger partial charge >= 0.3 is 5.97 Å². The first kappa shape index (κ1) is 30.4. The maximum atomic E-state index is 14.1. The van der Waals surface area contributed by atoms with Gasteiger partial charge in [0.2, 0.25) is 0 Å².